The molecule has 0 spiro atoms. The van der Waals surface area contributed by atoms with E-state index >= 15 is 0 Å². The number of carbonyl (C=O) groups excluding carboxylic acids is 1. The van der Waals surface area contributed by atoms with Crippen LogP contribution < -0.4 is 11.0 Å². The predicted molar refractivity (Wildman–Crippen MR) is 96.5 cm³/mol. The first kappa shape index (κ1) is 20.1. The van der Waals surface area contributed by atoms with Gasteiger partial charge in [0.05, 0.1) is 12.7 Å². The Labute approximate surface area is 159 Å². The quantitative estimate of drug-likeness (QED) is 0.438. The third-order valence-corrected chi connectivity index (χ3v) is 4.50. The van der Waals surface area contributed by atoms with Gasteiger partial charge in [0.1, 0.15) is 30.4 Å². The molecule has 5 N–H and O–H groups in total. The van der Waals surface area contributed by atoms with Gasteiger partial charge < -0.3 is 30.5 Å². The number of rotatable bonds is 4. The summed E-state index contributed by atoms with van der Waals surface area (Å²) in [6.07, 6.45) is -5.58. The molecule has 10 nitrogen and oxygen atoms in total. The highest BCUT2D eigenvalue weighted by molar-refractivity contribution is 6.03. The van der Waals surface area contributed by atoms with Crippen LogP contribution in [0.1, 0.15) is 23.0 Å². The topological polar surface area (TPSA) is 154 Å². The van der Waals surface area contributed by atoms with E-state index < -0.39 is 48.8 Å². The highest BCUT2D eigenvalue weighted by Gasteiger charge is 2.39. The maximum Gasteiger partial charge on any atom is 0.351 e. The van der Waals surface area contributed by atoms with Crippen molar-refractivity contribution in [3.05, 3.63) is 58.6 Å². The van der Waals surface area contributed by atoms with E-state index in [1.807, 2.05) is 0 Å². The van der Waals surface area contributed by atoms with Gasteiger partial charge in [0.25, 0.3) is 5.91 Å². The van der Waals surface area contributed by atoms with E-state index in [-0.39, 0.29) is 12.2 Å². The summed E-state index contributed by atoms with van der Waals surface area (Å²) in [5.41, 5.74) is -0.372. The highest BCUT2D eigenvalue weighted by Crippen LogP contribution is 2.26. The molecule has 0 bridgehead atoms. The summed E-state index contributed by atoms with van der Waals surface area (Å²) in [5.74, 6) is -0.402. The largest absolute Gasteiger partial charge is 0.394 e. The molecule has 2 heterocycles. The van der Waals surface area contributed by atoms with Crippen molar-refractivity contribution in [2.24, 2.45) is 0 Å². The summed E-state index contributed by atoms with van der Waals surface area (Å²) in [7, 11) is 0. The standard InChI is InChI=1S/C18H21N3O7/c22-9-12-16(25)15(24)11(23)8-14(28-12)21-7-6-13(20-18(21)27)19-17(26)10-4-2-1-3-5-10/h1-7,11-12,14-16,22-25H,8-9H2,(H,19,20,26,27)/t11-,12+,14+,15+,16+/m0/s1. The lowest BCUT2D eigenvalue weighted by Gasteiger charge is -2.24. The number of carbonyl (C=O) groups is 1. The fraction of sp³-hybridized carbons (Fsp3) is 0.389. The number of ether oxygens (including phenoxy) is 1. The molecule has 1 aromatic carbocycles. The van der Waals surface area contributed by atoms with Gasteiger partial charge in [0.15, 0.2) is 0 Å². The molecule has 0 saturated carbocycles. The Balaban J connectivity index is 1.80. The van der Waals surface area contributed by atoms with Crippen molar-refractivity contribution in [1.82, 2.24) is 9.55 Å². The molecular formula is C18H21N3O7. The third-order valence-electron chi connectivity index (χ3n) is 4.50. The van der Waals surface area contributed by atoms with Crippen molar-refractivity contribution in [2.45, 2.75) is 37.1 Å². The van der Waals surface area contributed by atoms with Crippen LogP contribution >= 0.6 is 0 Å². The molecule has 0 unspecified atom stereocenters. The van der Waals surface area contributed by atoms with Gasteiger partial charge >= 0.3 is 5.69 Å². The minimum atomic E-state index is -1.53. The Morgan fingerprint density at radius 2 is 1.89 bits per heavy atom. The van der Waals surface area contributed by atoms with Gasteiger partial charge in [-0.25, -0.2) is 4.79 Å². The van der Waals surface area contributed by atoms with Gasteiger partial charge in [-0.3, -0.25) is 9.36 Å². The van der Waals surface area contributed by atoms with Crippen LogP contribution in [-0.4, -0.2) is 66.9 Å². The first-order valence-electron chi connectivity index (χ1n) is 8.67. The Kier molecular flexibility index (Phi) is 6.17. The van der Waals surface area contributed by atoms with Crippen molar-refractivity contribution < 1.29 is 30.0 Å². The molecule has 0 aliphatic carbocycles. The lowest BCUT2D eigenvalue weighted by atomic mass is 10.0. The normalized spacial score (nSPS) is 27.8. The summed E-state index contributed by atoms with van der Waals surface area (Å²) in [4.78, 5) is 28.3. The van der Waals surface area contributed by atoms with Crippen LogP contribution in [0.15, 0.2) is 47.4 Å². The van der Waals surface area contributed by atoms with Crippen LogP contribution in [0.5, 0.6) is 0 Å². The van der Waals surface area contributed by atoms with E-state index in [0.717, 1.165) is 4.57 Å². The van der Waals surface area contributed by atoms with Gasteiger partial charge in [-0.1, -0.05) is 18.2 Å². The zero-order chi connectivity index (χ0) is 20.3. The number of aromatic nitrogens is 2. The van der Waals surface area contributed by atoms with E-state index in [1.165, 1.54) is 12.3 Å². The maximum atomic E-state index is 12.4. The average Bonchev–Trinajstić information content (AvgIpc) is 2.80. The van der Waals surface area contributed by atoms with E-state index in [9.17, 15) is 30.0 Å². The number of hydrogen-bond acceptors (Lipinski definition) is 8. The van der Waals surface area contributed by atoms with Crippen LogP contribution in [0.25, 0.3) is 0 Å². The summed E-state index contributed by atoms with van der Waals surface area (Å²) in [5, 5.41) is 41.7. The molecule has 2 aromatic rings. The molecule has 1 aliphatic rings. The van der Waals surface area contributed by atoms with Gasteiger partial charge in [-0.15, -0.1) is 0 Å². The van der Waals surface area contributed by atoms with Crippen molar-refractivity contribution in [3.8, 4) is 0 Å². The van der Waals surface area contributed by atoms with Gasteiger partial charge in [-0.2, -0.15) is 4.98 Å². The zero-order valence-electron chi connectivity index (χ0n) is 14.8. The van der Waals surface area contributed by atoms with Crippen LogP contribution in [0.3, 0.4) is 0 Å². The second-order valence-electron chi connectivity index (χ2n) is 6.42. The van der Waals surface area contributed by atoms with E-state index in [0.29, 0.717) is 5.56 Å². The van der Waals surface area contributed by atoms with Gasteiger partial charge in [0.2, 0.25) is 0 Å². The fourth-order valence-electron chi connectivity index (χ4n) is 2.94. The number of anilines is 1. The molecule has 1 fully saturated rings. The average molecular weight is 391 g/mol. The van der Waals surface area contributed by atoms with Crippen molar-refractivity contribution in [2.75, 3.05) is 11.9 Å². The Morgan fingerprint density at radius 1 is 1.18 bits per heavy atom. The summed E-state index contributed by atoms with van der Waals surface area (Å²) >= 11 is 0. The summed E-state index contributed by atoms with van der Waals surface area (Å²) < 4.78 is 6.54. The molecular weight excluding hydrogens is 370 g/mol. The smallest absolute Gasteiger partial charge is 0.351 e. The highest BCUT2D eigenvalue weighted by atomic mass is 16.5. The van der Waals surface area contributed by atoms with E-state index in [2.05, 4.69) is 10.3 Å². The maximum absolute atomic E-state index is 12.4. The number of aliphatic hydroxyl groups excluding tert-OH is 4. The number of nitrogens with zero attached hydrogens (tertiary/aromatic N) is 2. The molecule has 5 atom stereocenters. The van der Waals surface area contributed by atoms with Crippen LogP contribution in [0.2, 0.25) is 0 Å². The lowest BCUT2D eigenvalue weighted by molar-refractivity contribution is -0.132. The van der Waals surface area contributed by atoms with Crippen LogP contribution in [-0.2, 0) is 4.74 Å². The zero-order valence-corrected chi connectivity index (χ0v) is 14.8. The number of nitrogens with one attached hydrogen (secondary N) is 1. The van der Waals surface area contributed by atoms with Crippen LogP contribution in [0.4, 0.5) is 5.82 Å². The SMILES string of the molecule is O=C(Nc1ccn([C@H]2C[C@H](O)[C@@H](O)[C@H](O)[C@@H](CO)O2)c(=O)n1)c1ccccc1. The molecule has 3 rings (SSSR count). The third kappa shape index (κ3) is 4.26. The molecule has 150 valence electrons. The number of hydrogen-bond donors (Lipinski definition) is 5. The summed E-state index contributed by atoms with van der Waals surface area (Å²) in [6, 6.07) is 9.78. The second-order valence-corrected chi connectivity index (χ2v) is 6.42. The second kappa shape index (κ2) is 8.59. The molecule has 1 saturated heterocycles. The molecule has 28 heavy (non-hydrogen) atoms. The Bertz CT molecular complexity index is 873. The molecule has 1 aromatic heterocycles. The first-order chi connectivity index (χ1) is 13.4. The van der Waals surface area contributed by atoms with Gasteiger partial charge in [0, 0.05) is 18.2 Å². The monoisotopic (exact) mass is 391 g/mol. The summed E-state index contributed by atoms with van der Waals surface area (Å²) in [6.45, 7) is -0.616. The van der Waals surface area contributed by atoms with Crippen molar-refractivity contribution >= 4 is 11.7 Å². The fourth-order valence-corrected chi connectivity index (χ4v) is 2.94. The Morgan fingerprint density at radius 3 is 2.54 bits per heavy atom. The van der Waals surface area contributed by atoms with Crippen molar-refractivity contribution in [1.29, 1.82) is 0 Å². The van der Waals surface area contributed by atoms with E-state index in [4.69, 9.17) is 4.74 Å². The number of amides is 1. The van der Waals surface area contributed by atoms with Gasteiger partial charge in [-0.05, 0) is 18.2 Å². The number of benzene rings is 1. The minimum absolute atomic E-state index is 0.0306. The predicted octanol–water partition coefficient (Wildman–Crippen LogP) is -1.14. The molecule has 1 aliphatic heterocycles. The molecule has 10 heteroatoms. The van der Waals surface area contributed by atoms with Crippen LogP contribution in [0, 0.1) is 0 Å². The van der Waals surface area contributed by atoms with E-state index in [1.54, 1.807) is 30.3 Å². The first-order valence-corrected chi connectivity index (χ1v) is 8.67. The molecule has 0 radical (unpaired) electrons. The molecule has 1 amide bonds. The lowest BCUT2D eigenvalue weighted by Crippen LogP contribution is -2.44. The number of aliphatic hydroxyl groups is 4. The van der Waals surface area contributed by atoms with Crippen molar-refractivity contribution in [3.63, 3.8) is 0 Å². The minimum Gasteiger partial charge on any atom is -0.394 e. The Hall–Kier alpha value is -2.63.